The fourth-order valence-electron chi connectivity index (χ4n) is 3.29. The predicted molar refractivity (Wildman–Crippen MR) is 70.8 cm³/mol. The molecule has 0 bridgehead atoms. The Morgan fingerprint density at radius 2 is 2.10 bits per heavy atom. The van der Waals surface area contributed by atoms with Crippen molar-refractivity contribution in [1.82, 2.24) is 5.32 Å². The summed E-state index contributed by atoms with van der Waals surface area (Å²) in [6.45, 7) is 2.39. The molecular formula is C15H19NO4. The number of fused-ring (bicyclic) bond motifs is 1. The molecule has 1 N–H and O–H groups in total. The van der Waals surface area contributed by atoms with Crippen LogP contribution in [0, 0.1) is 17.8 Å². The lowest BCUT2D eigenvalue weighted by atomic mass is 10.1. The summed E-state index contributed by atoms with van der Waals surface area (Å²) in [4.78, 5) is 23.4. The van der Waals surface area contributed by atoms with E-state index in [9.17, 15) is 9.59 Å². The monoisotopic (exact) mass is 277 g/mol. The van der Waals surface area contributed by atoms with Crippen LogP contribution < -0.4 is 5.32 Å². The molecular weight excluding hydrogens is 258 g/mol. The topological polar surface area (TPSA) is 68.5 Å². The second-order valence-corrected chi connectivity index (χ2v) is 5.49. The van der Waals surface area contributed by atoms with Gasteiger partial charge in [-0.15, -0.1) is 0 Å². The van der Waals surface area contributed by atoms with Crippen molar-refractivity contribution in [2.24, 2.45) is 17.8 Å². The van der Waals surface area contributed by atoms with Crippen LogP contribution in [0.5, 0.6) is 0 Å². The number of esters is 1. The van der Waals surface area contributed by atoms with E-state index in [0.29, 0.717) is 30.7 Å². The van der Waals surface area contributed by atoms with E-state index in [-0.39, 0.29) is 17.6 Å². The zero-order valence-electron chi connectivity index (χ0n) is 11.6. The van der Waals surface area contributed by atoms with Crippen molar-refractivity contribution in [3.8, 4) is 0 Å². The Balaban J connectivity index is 1.49. The molecule has 2 unspecified atom stereocenters. The van der Waals surface area contributed by atoms with Crippen LogP contribution in [0.1, 0.15) is 42.5 Å². The largest absolute Gasteiger partial charge is 0.460 e. The molecule has 1 heterocycles. The fourth-order valence-corrected chi connectivity index (χ4v) is 3.29. The summed E-state index contributed by atoms with van der Waals surface area (Å²) in [6.07, 6.45) is 3.65. The van der Waals surface area contributed by atoms with E-state index in [2.05, 4.69) is 5.32 Å². The SMILES string of the molecule is CCOC(=O)c1ccc(CNC(=O)C2C3CCCC32)o1. The standard InChI is InChI=1S/C15H19NO4/c1-2-19-15(18)12-7-6-9(20-12)8-16-14(17)13-10-4-3-5-11(10)13/h6-7,10-11,13H,2-5,8H2,1H3,(H,16,17). The Morgan fingerprint density at radius 1 is 1.35 bits per heavy atom. The van der Waals surface area contributed by atoms with Gasteiger partial charge in [-0.25, -0.2) is 4.79 Å². The van der Waals surface area contributed by atoms with Gasteiger partial charge >= 0.3 is 5.97 Å². The van der Waals surface area contributed by atoms with Gasteiger partial charge in [-0.1, -0.05) is 6.42 Å². The second-order valence-electron chi connectivity index (χ2n) is 5.49. The molecule has 2 aliphatic rings. The molecule has 0 spiro atoms. The first-order valence-corrected chi connectivity index (χ1v) is 7.24. The van der Waals surface area contributed by atoms with Gasteiger partial charge in [-0.05, 0) is 43.7 Å². The van der Waals surface area contributed by atoms with E-state index in [0.717, 1.165) is 0 Å². The predicted octanol–water partition coefficient (Wildman–Crippen LogP) is 2.12. The van der Waals surface area contributed by atoms with Crippen LogP contribution in [0.15, 0.2) is 16.5 Å². The highest BCUT2D eigenvalue weighted by molar-refractivity contribution is 5.86. The third kappa shape index (κ3) is 2.44. The van der Waals surface area contributed by atoms with Crippen molar-refractivity contribution >= 4 is 11.9 Å². The lowest BCUT2D eigenvalue weighted by Crippen LogP contribution is -2.25. The first kappa shape index (κ1) is 13.2. The summed E-state index contributed by atoms with van der Waals surface area (Å²) < 4.78 is 10.2. The minimum Gasteiger partial charge on any atom is -0.460 e. The fraction of sp³-hybridized carbons (Fsp3) is 0.600. The molecule has 1 aromatic heterocycles. The second kappa shape index (κ2) is 5.31. The van der Waals surface area contributed by atoms with Crippen molar-refractivity contribution < 1.29 is 18.7 Å². The number of hydrogen-bond acceptors (Lipinski definition) is 4. The summed E-state index contributed by atoms with van der Waals surface area (Å²) in [7, 11) is 0. The first-order valence-electron chi connectivity index (χ1n) is 7.24. The molecule has 108 valence electrons. The molecule has 5 heteroatoms. The molecule has 2 fully saturated rings. The van der Waals surface area contributed by atoms with Crippen LogP contribution in [-0.2, 0) is 16.1 Å². The van der Waals surface area contributed by atoms with Gasteiger partial charge < -0.3 is 14.5 Å². The van der Waals surface area contributed by atoms with Gasteiger partial charge in [-0.3, -0.25) is 4.79 Å². The van der Waals surface area contributed by atoms with Gasteiger partial charge in [0.2, 0.25) is 11.7 Å². The minimum atomic E-state index is -0.471. The molecule has 0 radical (unpaired) electrons. The van der Waals surface area contributed by atoms with Crippen LogP contribution in [0.25, 0.3) is 0 Å². The highest BCUT2D eigenvalue weighted by atomic mass is 16.5. The molecule has 0 aliphatic heterocycles. The third-order valence-corrected chi connectivity index (χ3v) is 4.28. The van der Waals surface area contributed by atoms with E-state index in [1.54, 1.807) is 19.1 Å². The third-order valence-electron chi connectivity index (χ3n) is 4.28. The van der Waals surface area contributed by atoms with Crippen molar-refractivity contribution in [1.29, 1.82) is 0 Å². The molecule has 1 aromatic rings. The zero-order valence-corrected chi connectivity index (χ0v) is 11.6. The maximum atomic E-state index is 12.0. The highest BCUT2D eigenvalue weighted by Crippen LogP contribution is 2.57. The molecule has 1 amide bonds. The summed E-state index contributed by atoms with van der Waals surface area (Å²) >= 11 is 0. The Bertz CT molecular complexity index is 512. The van der Waals surface area contributed by atoms with Crippen LogP contribution in [-0.4, -0.2) is 18.5 Å². The maximum Gasteiger partial charge on any atom is 0.374 e. The van der Waals surface area contributed by atoms with E-state index >= 15 is 0 Å². The van der Waals surface area contributed by atoms with Gasteiger partial charge in [0.25, 0.3) is 0 Å². The summed E-state index contributed by atoms with van der Waals surface area (Å²) in [5, 5.41) is 2.89. The molecule has 0 aromatic carbocycles. The maximum absolute atomic E-state index is 12.0. The average Bonchev–Trinajstić information content (AvgIpc) is 2.86. The van der Waals surface area contributed by atoms with Crippen LogP contribution >= 0.6 is 0 Å². The Labute approximate surface area is 117 Å². The van der Waals surface area contributed by atoms with Gasteiger partial charge in [-0.2, -0.15) is 0 Å². The number of nitrogens with one attached hydrogen (secondary N) is 1. The Hall–Kier alpha value is -1.78. The van der Waals surface area contributed by atoms with Crippen LogP contribution in [0.4, 0.5) is 0 Å². The number of carbonyl (C=O) groups is 2. The lowest BCUT2D eigenvalue weighted by Gasteiger charge is -2.04. The van der Waals surface area contributed by atoms with Gasteiger partial charge in [0, 0.05) is 5.92 Å². The number of amides is 1. The number of ether oxygens (including phenoxy) is 1. The summed E-state index contributed by atoms with van der Waals surface area (Å²) in [6, 6.07) is 3.27. The average molecular weight is 277 g/mol. The molecule has 20 heavy (non-hydrogen) atoms. The number of hydrogen-bond donors (Lipinski definition) is 1. The molecule has 2 atom stereocenters. The Kier molecular flexibility index (Phi) is 3.51. The van der Waals surface area contributed by atoms with Crippen molar-refractivity contribution in [3.05, 3.63) is 23.7 Å². The molecule has 5 nitrogen and oxygen atoms in total. The van der Waals surface area contributed by atoms with E-state index in [4.69, 9.17) is 9.15 Å². The van der Waals surface area contributed by atoms with Crippen LogP contribution in [0.3, 0.4) is 0 Å². The molecule has 0 saturated heterocycles. The number of carbonyl (C=O) groups excluding carboxylic acids is 2. The van der Waals surface area contributed by atoms with Gasteiger partial charge in [0.05, 0.1) is 13.2 Å². The summed E-state index contributed by atoms with van der Waals surface area (Å²) in [5.74, 6) is 1.84. The quantitative estimate of drug-likeness (QED) is 0.837. The molecule has 3 rings (SSSR count). The number of furan rings is 1. The normalized spacial score (nSPS) is 26.9. The zero-order chi connectivity index (χ0) is 14.1. The van der Waals surface area contributed by atoms with Gasteiger partial charge in [0.15, 0.2) is 0 Å². The van der Waals surface area contributed by atoms with E-state index in [1.165, 1.54) is 19.3 Å². The summed E-state index contributed by atoms with van der Waals surface area (Å²) in [5.41, 5.74) is 0. The van der Waals surface area contributed by atoms with Crippen molar-refractivity contribution in [2.45, 2.75) is 32.7 Å². The van der Waals surface area contributed by atoms with Gasteiger partial charge in [0.1, 0.15) is 5.76 Å². The molecule has 2 saturated carbocycles. The van der Waals surface area contributed by atoms with Crippen molar-refractivity contribution in [3.63, 3.8) is 0 Å². The smallest absolute Gasteiger partial charge is 0.374 e. The van der Waals surface area contributed by atoms with Crippen molar-refractivity contribution in [2.75, 3.05) is 6.61 Å². The van der Waals surface area contributed by atoms with Crippen LogP contribution in [0.2, 0.25) is 0 Å². The number of rotatable bonds is 5. The van der Waals surface area contributed by atoms with E-state index in [1.807, 2.05) is 0 Å². The van der Waals surface area contributed by atoms with E-state index < -0.39 is 5.97 Å². The minimum absolute atomic E-state index is 0.119. The first-order chi connectivity index (χ1) is 9.70. The lowest BCUT2D eigenvalue weighted by molar-refractivity contribution is -0.123. The molecule has 2 aliphatic carbocycles. The highest BCUT2D eigenvalue weighted by Gasteiger charge is 2.56. The Morgan fingerprint density at radius 3 is 2.80 bits per heavy atom.